The van der Waals surface area contributed by atoms with Crippen molar-refractivity contribution >= 4 is 33.8 Å². The third-order valence-electron chi connectivity index (χ3n) is 4.15. The van der Waals surface area contributed by atoms with Gasteiger partial charge in [0.15, 0.2) is 5.82 Å². The van der Waals surface area contributed by atoms with Crippen molar-refractivity contribution in [3.8, 4) is 11.4 Å². The van der Waals surface area contributed by atoms with Gasteiger partial charge in [-0.2, -0.15) is 4.98 Å². The van der Waals surface area contributed by atoms with Crippen molar-refractivity contribution < 1.29 is 4.79 Å². The maximum atomic E-state index is 12.1. The summed E-state index contributed by atoms with van der Waals surface area (Å²) in [4.78, 5) is 17.6. The number of hydrogen-bond acceptors (Lipinski definition) is 4. The molecular weight excluding hydrogens is 356 g/mol. The van der Waals surface area contributed by atoms with Gasteiger partial charge in [0.25, 0.3) is 0 Å². The van der Waals surface area contributed by atoms with E-state index in [1.807, 2.05) is 41.9 Å². The highest BCUT2D eigenvalue weighted by molar-refractivity contribution is 7.15. The first-order valence-electron chi connectivity index (χ1n) is 8.16. The van der Waals surface area contributed by atoms with E-state index in [1.54, 1.807) is 11.3 Å². The second-order valence-corrected chi connectivity index (χ2v) is 7.80. The summed E-state index contributed by atoms with van der Waals surface area (Å²) in [5.74, 6) is 0.997. The third kappa shape index (κ3) is 3.70. The number of nitrogens with zero attached hydrogens (tertiary/aromatic N) is 3. The molecule has 5 nitrogen and oxygen atoms in total. The van der Waals surface area contributed by atoms with Crippen LogP contribution in [0.1, 0.15) is 25.1 Å². The van der Waals surface area contributed by atoms with Crippen LogP contribution in [0.3, 0.4) is 0 Å². The first-order valence-corrected chi connectivity index (χ1v) is 9.57. The van der Waals surface area contributed by atoms with E-state index in [9.17, 15) is 4.79 Å². The fourth-order valence-corrected chi connectivity index (χ4v) is 3.42. The average molecular weight is 377 g/mol. The smallest absolute Gasteiger partial charge is 0.226 e. The molecule has 0 atom stereocenters. The Kier molecular flexibility index (Phi) is 5.11. The molecule has 0 fully saturated rings. The SMILES string of the molecule is Cc1ccccc1-c1nc2scc(CCNC(=O)C(C)(C)CCl)n2n1. The summed E-state index contributed by atoms with van der Waals surface area (Å²) in [5, 5.41) is 9.63. The lowest BCUT2D eigenvalue weighted by Gasteiger charge is -2.20. The zero-order valence-electron chi connectivity index (χ0n) is 14.5. The minimum absolute atomic E-state index is 0.0341. The molecule has 0 aliphatic rings. The Labute approximate surface area is 156 Å². The van der Waals surface area contributed by atoms with E-state index < -0.39 is 5.41 Å². The van der Waals surface area contributed by atoms with Gasteiger partial charge in [0, 0.05) is 29.8 Å². The minimum atomic E-state index is -0.559. The Morgan fingerprint density at radius 1 is 1.36 bits per heavy atom. The molecule has 3 aromatic rings. The number of hydrogen-bond donors (Lipinski definition) is 1. The van der Waals surface area contributed by atoms with Crippen molar-refractivity contribution in [2.75, 3.05) is 12.4 Å². The van der Waals surface area contributed by atoms with Gasteiger partial charge >= 0.3 is 0 Å². The summed E-state index contributed by atoms with van der Waals surface area (Å²) >= 11 is 7.40. The highest BCUT2D eigenvalue weighted by Crippen LogP contribution is 2.23. The molecule has 2 heterocycles. The number of aromatic nitrogens is 3. The quantitative estimate of drug-likeness (QED) is 0.667. The van der Waals surface area contributed by atoms with Gasteiger partial charge in [-0.1, -0.05) is 24.3 Å². The van der Waals surface area contributed by atoms with Crippen LogP contribution < -0.4 is 5.32 Å². The number of carbonyl (C=O) groups is 1. The lowest BCUT2D eigenvalue weighted by atomic mass is 9.95. The van der Waals surface area contributed by atoms with Gasteiger partial charge in [-0.25, -0.2) is 4.52 Å². The fourth-order valence-electron chi connectivity index (χ4n) is 2.44. The van der Waals surface area contributed by atoms with Gasteiger partial charge in [-0.15, -0.1) is 28.0 Å². The van der Waals surface area contributed by atoms with E-state index >= 15 is 0 Å². The normalized spacial score (nSPS) is 11.8. The van der Waals surface area contributed by atoms with Crippen molar-refractivity contribution in [2.45, 2.75) is 27.2 Å². The molecule has 7 heteroatoms. The number of halogens is 1. The number of alkyl halides is 1. The molecule has 0 bridgehead atoms. The Morgan fingerprint density at radius 2 is 2.12 bits per heavy atom. The molecule has 1 N–H and O–H groups in total. The molecule has 25 heavy (non-hydrogen) atoms. The van der Waals surface area contributed by atoms with Crippen molar-refractivity contribution in [3.05, 3.63) is 40.9 Å². The molecule has 0 spiro atoms. The molecule has 2 aromatic heterocycles. The summed E-state index contributed by atoms with van der Waals surface area (Å²) in [6.45, 7) is 6.28. The summed E-state index contributed by atoms with van der Waals surface area (Å²) in [5.41, 5.74) is 2.67. The number of nitrogens with one attached hydrogen (secondary N) is 1. The van der Waals surface area contributed by atoms with Gasteiger partial charge in [0.2, 0.25) is 10.9 Å². The van der Waals surface area contributed by atoms with Crippen LogP contribution in [0, 0.1) is 12.3 Å². The van der Waals surface area contributed by atoms with E-state index in [4.69, 9.17) is 11.6 Å². The fraction of sp³-hybridized carbons (Fsp3) is 0.389. The minimum Gasteiger partial charge on any atom is -0.355 e. The number of rotatable bonds is 6. The van der Waals surface area contributed by atoms with E-state index in [0.717, 1.165) is 27.6 Å². The Hall–Kier alpha value is -1.92. The van der Waals surface area contributed by atoms with Crippen LogP contribution in [0.25, 0.3) is 16.3 Å². The zero-order chi connectivity index (χ0) is 18.0. The van der Waals surface area contributed by atoms with Crippen molar-refractivity contribution in [2.24, 2.45) is 5.41 Å². The molecule has 132 valence electrons. The third-order valence-corrected chi connectivity index (χ3v) is 5.68. The first-order chi connectivity index (χ1) is 11.9. The standard InChI is InChI=1S/C18H21ClN4OS/c1-12-6-4-5-7-14(12)15-21-17-23(22-15)13(10-25-17)8-9-20-16(24)18(2,3)11-19/h4-7,10H,8-9,11H2,1-3H3,(H,20,24). The molecule has 0 aliphatic heterocycles. The maximum Gasteiger partial charge on any atom is 0.226 e. The Balaban J connectivity index is 1.73. The second kappa shape index (κ2) is 7.14. The van der Waals surface area contributed by atoms with Gasteiger partial charge in [-0.3, -0.25) is 4.79 Å². The molecule has 0 saturated carbocycles. The number of aryl methyl sites for hydroxylation is 1. The number of fused-ring (bicyclic) bond motifs is 1. The summed E-state index contributed by atoms with van der Waals surface area (Å²) in [6.07, 6.45) is 0.695. The van der Waals surface area contributed by atoms with E-state index in [-0.39, 0.29) is 5.91 Å². The Morgan fingerprint density at radius 3 is 2.84 bits per heavy atom. The molecule has 1 amide bonds. The van der Waals surface area contributed by atoms with Crippen LogP contribution in [0.15, 0.2) is 29.6 Å². The molecule has 0 radical (unpaired) electrons. The van der Waals surface area contributed by atoms with Gasteiger partial charge in [0.05, 0.1) is 11.1 Å². The molecule has 0 saturated heterocycles. The largest absolute Gasteiger partial charge is 0.355 e. The van der Waals surface area contributed by atoms with Crippen molar-refractivity contribution in [1.82, 2.24) is 19.9 Å². The molecule has 3 rings (SSSR count). The number of amides is 1. The highest BCUT2D eigenvalue weighted by Gasteiger charge is 2.26. The number of carbonyl (C=O) groups excluding carboxylic acids is 1. The van der Waals surface area contributed by atoms with E-state index in [1.165, 1.54) is 0 Å². The molecular formula is C18H21ClN4OS. The average Bonchev–Trinajstić information content (AvgIpc) is 3.16. The summed E-state index contributed by atoms with van der Waals surface area (Å²) in [6, 6.07) is 8.09. The number of benzene rings is 1. The van der Waals surface area contributed by atoms with Gasteiger partial charge in [-0.05, 0) is 26.3 Å². The van der Waals surface area contributed by atoms with E-state index in [2.05, 4.69) is 28.4 Å². The van der Waals surface area contributed by atoms with Crippen LogP contribution >= 0.6 is 22.9 Å². The lowest BCUT2D eigenvalue weighted by Crippen LogP contribution is -2.39. The monoisotopic (exact) mass is 376 g/mol. The predicted molar refractivity (Wildman–Crippen MR) is 102 cm³/mol. The van der Waals surface area contributed by atoms with Gasteiger partial charge in [0.1, 0.15) is 0 Å². The molecule has 1 aromatic carbocycles. The summed E-state index contributed by atoms with van der Waals surface area (Å²) < 4.78 is 1.87. The van der Waals surface area contributed by atoms with Crippen LogP contribution in [-0.2, 0) is 11.2 Å². The van der Waals surface area contributed by atoms with E-state index in [0.29, 0.717) is 18.8 Å². The second-order valence-electron chi connectivity index (χ2n) is 6.70. The van der Waals surface area contributed by atoms with Gasteiger partial charge < -0.3 is 5.32 Å². The molecule has 0 unspecified atom stereocenters. The number of thiazole rings is 1. The van der Waals surface area contributed by atoms with Crippen LogP contribution in [0.5, 0.6) is 0 Å². The lowest BCUT2D eigenvalue weighted by molar-refractivity contribution is -0.128. The van der Waals surface area contributed by atoms with Crippen molar-refractivity contribution in [1.29, 1.82) is 0 Å². The highest BCUT2D eigenvalue weighted by atomic mass is 35.5. The topological polar surface area (TPSA) is 59.3 Å². The zero-order valence-corrected chi connectivity index (χ0v) is 16.1. The predicted octanol–water partition coefficient (Wildman–Crippen LogP) is 3.69. The molecule has 0 aliphatic carbocycles. The maximum absolute atomic E-state index is 12.1. The van der Waals surface area contributed by atoms with Crippen LogP contribution in [-0.4, -0.2) is 32.9 Å². The first kappa shape index (κ1) is 17.9. The van der Waals surface area contributed by atoms with Crippen LogP contribution in [0.2, 0.25) is 0 Å². The van der Waals surface area contributed by atoms with Crippen molar-refractivity contribution in [3.63, 3.8) is 0 Å². The Bertz CT molecular complexity index is 900. The van der Waals surface area contributed by atoms with Crippen LogP contribution in [0.4, 0.5) is 0 Å². The summed E-state index contributed by atoms with van der Waals surface area (Å²) in [7, 11) is 0.